The second-order valence-electron chi connectivity index (χ2n) is 6.84. The summed E-state index contributed by atoms with van der Waals surface area (Å²) >= 11 is 0. The zero-order valence-electron chi connectivity index (χ0n) is 14.5. The van der Waals surface area contributed by atoms with Gasteiger partial charge >= 0.3 is 0 Å². The maximum atomic E-state index is 10.0. The van der Waals surface area contributed by atoms with Gasteiger partial charge in [0.05, 0.1) is 0 Å². The number of phenols is 1. The van der Waals surface area contributed by atoms with Crippen LogP contribution >= 0.6 is 0 Å². The molecule has 0 radical (unpaired) electrons. The first-order valence-corrected chi connectivity index (χ1v) is 9.05. The highest BCUT2D eigenvalue weighted by Gasteiger charge is 2.25. The Kier molecular flexibility index (Phi) is 5.41. The standard InChI is InChI=1S/C21H28N2O/c1-2-13-23(14-12-16-6-8-18(22)9-7-16)19-10-11-20-17(15-19)4-3-5-21(20)24/h3-9,19,24H,2,10-15,22H2,1H3. The van der Waals surface area contributed by atoms with E-state index in [0.717, 1.165) is 50.0 Å². The summed E-state index contributed by atoms with van der Waals surface area (Å²) in [5, 5.41) is 10.0. The van der Waals surface area contributed by atoms with E-state index < -0.39 is 0 Å². The molecule has 0 aromatic heterocycles. The van der Waals surface area contributed by atoms with E-state index in [1.165, 1.54) is 17.5 Å². The third-order valence-corrected chi connectivity index (χ3v) is 5.13. The maximum absolute atomic E-state index is 10.0. The van der Waals surface area contributed by atoms with Crippen molar-refractivity contribution in [3.8, 4) is 5.75 Å². The van der Waals surface area contributed by atoms with Crippen LogP contribution in [0.4, 0.5) is 5.69 Å². The number of phenolic OH excluding ortho intramolecular Hbond substituents is 1. The van der Waals surface area contributed by atoms with Crippen LogP contribution in [-0.2, 0) is 19.3 Å². The van der Waals surface area contributed by atoms with Crippen LogP contribution in [0.2, 0.25) is 0 Å². The molecule has 0 amide bonds. The van der Waals surface area contributed by atoms with E-state index in [0.29, 0.717) is 11.8 Å². The van der Waals surface area contributed by atoms with E-state index in [2.05, 4.69) is 30.0 Å². The number of benzene rings is 2. The minimum atomic E-state index is 0.467. The van der Waals surface area contributed by atoms with Gasteiger partial charge in [0, 0.05) is 18.3 Å². The Morgan fingerprint density at radius 2 is 1.92 bits per heavy atom. The summed E-state index contributed by atoms with van der Waals surface area (Å²) in [6.45, 7) is 4.46. The summed E-state index contributed by atoms with van der Waals surface area (Å²) in [7, 11) is 0. The Balaban J connectivity index is 1.66. The van der Waals surface area contributed by atoms with Crippen molar-refractivity contribution >= 4 is 5.69 Å². The molecule has 0 heterocycles. The molecule has 1 aliphatic carbocycles. The lowest BCUT2D eigenvalue weighted by Gasteiger charge is -2.35. The van der Waals surface area contributed by atoms with E-state index in [4.69, 9.17) is 5.73 Å². The zero-order chi connectivity index (χ0) is 16.9. The molecular weight excluding hydrogens is 296 g/mol. The molecule has 1 unspecified atom stereocenters. The third kappa shape index (κ3) is 3.90. The van der Waals surface area contributed by atoms with Crippen molar-refractivity contribution in [2.75, 3.05) is 18.8 Å². The number of hydrogen-bond acceptors (Lipinski definition) is 3. The molecule has 3 N–H and O–H groups in total. The van der Waals surface area contributed by atoms with Gasteiger partial charge in [-0.2, -0.15) is 0 Å². The van der Waals surface area contributed by atoms with Crippen molar-refractivity contribution in [3.05, 3.63) is 59.2 Å². The summed E-state index contributed by atoms with van der Waals surface area (Å²) in [5.74, 6) is 0.467. The van der Waals surface area contributed by atoms with Crippen molar-refractivity contribution in [1.82, 2.24) is 4.90 Å². The molecule has 24 heavy (non-hydrogen) atoms. The van der Waals surface area contributed by atoms with Crippen molar-refractivity contribution in [2.45, 2.75) is 45.1 Å². The molecule has 0 spiro atoms. The topological polar surface area (TPSA) is 49.5 Å². The van der Waals surface area contributed by atoms with E-state index in [1.54, 1.807) is 0 Å². The largest absolute Gasteiger partial charge is 0.508 e. The average molecular weight is 324 g/mol. The van der Waals surface area contributed by atoms with Gasteiger partial charge in [0.2, 0.25) is 0 Å². The molecule has 0 saturated heterocycles. The maximum Gasteiger partial charge on any atom is 0.119 e. The van der Waals surface area contributed by atoms with E-state index in [-0.39, 0.29) is 0 Å². The van der Waals surface area contributed by atoms with E-state index in [9.17, 15) is 5.11 Å². The number of anilines is 1. The number of aromatic hydroxyl groups is 1. The molecule has 2 aromatic rings. The lowest BCUT2D eigenvalue weighted by Crippen LogP contribution is -2.41. The zero-order valence-corrected chi connectivity index (χ0v) is 14.5. The summed E-state index contributed by atoms with van der Waals surface area (Å²) in [5.41, 5.74) is 10.4. The van der Waals surface area contributed by atoms with Gasteiger partial charge in [-0.1, -0.05) is 31.2 Å². The van der Waals surface area contributed by atoms with Gasteiger partial charge in [-0.15, -0.1) is 0 Å². The Morgan fingerprint density at radius 1 is 1.12 bits per heavy atom. The predicted molar refractivity (Wildman–Crippen MR) is 100 cm³/mol. The molecule has 0 fully saturated rings. The molecule has 0 aliphatic heterocycles. The summed E-state index contributed by atoms with van der Waals surface area (Å²) in [4.78, 5) is 2.63. The van der Waals surface area contributed by atoms with Crippen LogP contribution in [0.5, 0.6) is 5.75 Å². The summed E-state index contributed by atoms with van der Waals surface area (Å²) in [6, 6.07) is 14.8. The van der Waals surface area contributed by atoms with Crippen LogP contribution in [0.15, 0.2) is 42.5 Å². The summed E-state index contributed by atoms with van der Waals surface area (Å²) < 4.78 is 0. The number of hydrogen-bond donors (Lipinski definition) is 2. The fraction of sp³-hybridized carbons (Fsp3) is 0.429. The number of nitrogens with two attached hydrogens (primary N) is 1. The van der Waals surface area contributed by atoms with Crippen molar-refractivity contribution < 1.29 is 5.11 Å². The van der Waals surface area contributed by atoms with Gasteiger partial charge in [0.25, 0.3) is 0 Å². The highest BCUT2D eigenvalue weighted by Crippen LogP contribution is 2.30. The minimum Gasteiger partial charge on any atom is -0.508 e. The van der Waals surface area contributed by atoms with Gasteiger partial charge < -0.3 is 10.8 Å². The highest BCUT2D eigenvalue weighted by atomic mass is 16.3. The second kappa shape index (κ2) is 7.71. The van der Waals surface area contributed by atoms with Crippen LogP contribution in [0.3, 0.4) is 0 Å². The Bertz CT molecular complexity index is 666. The van der Waals surface area contributed by atoms with E-state index >= 15 is 0 Å². The van der Waals surface area contributed by atoms with Crippen molar-refractivity contribution in [2.24, 2.45) is 0 Å². The highest BCUT2D eigenvalue weighted by molar-refractivity contribution is 5.41. The molecular formula is C21H28N2O. The van der Waals surface area contributed by atoms with Gasteiger partial charge in [-0.3, -0.25) is 4.90 Å². The molecule has 3 rings (SSSR count). The second-order valence-corrected chi connectivity index (χ2v) is 6.84. The van der Waals surface area contributed by atoms with Gasteiger partial charge in [-0.25, -0.2) is 0 Å². The van der Waals surface area contributed by atoms with Crippen molar-refractivity contribution in [3.63, 3.8) is 0 Å². The molecule has 1 atom stereocenters. The first-order valence-electron chi connectivity index (χ1n) is 9.05. The molecule has 2 aromatic carbocycles. The smallest absolute Gasteiger partial charge is 0.119 e. The number of fused-ring (bicyclic) bond motifs is 1. The van der Waals surface area contributed by atoms with Crippen LogP contribution < -0.4 is 5.73 Å². The van der Waals surface area contributed by atoms with E-state index in [1.807, 2.05) is 24.3 Å². The molecule has 0 bridgehead atoms. The quantitative estimate of drug-likeness (QED) is 0.795. The van der Waals surface area contributed by atoms with Crippen LogP contribution in [-0.4, -0.2) is 29.1 Å². The van der Waals surface area contributed by atoms with Gasteiger partial charge in [-0.05, 0) is 73.5 Å². The molecule has 0 saturated carbocycles. The monoisotopic (exact) mass is 324 g/mol. The normalized spacial score (nSPS) is 17.0. The lowest BCUT2D eigenvalue weighted by molar-refractivity contribution is 0.181. The summed E-state index contributed by atoms with van der Waals surface area (Å²) in [6.07, 6.45) is 5.39. The van der Waals surface area contributed by atoms with Crippen LogP contribution in [0.1, 0.15) is 36.5 Å². The Labute approximate surface area is 145 Å². The Morgan fingerprint density at radius 3 is 2.67 bits per heavy atom. The fourth-order valence-corrected chi connectivity index (χ4v) is 3.80. The number of nitrogens with zero attached hydrogens (tertiary/aromatic N) is 1. The molecule has 3 nitrogen and oxygen atoms in total. The number of rotatable bonds is 6. The molecule has 128 valence electrons. The van der Waals surface area contributed by atoms with Gasteiger partial charge in [0.15, 0.2) is 0 Å². The third-order valence-electron chi connectivity index (χ3n) is 5.13. The van der Waals surface area contributed by atoms with Gasteiger partial charge in [0.1, 0.15) is 5.75 Å². The number of nitrogen functional groups attached to an aromatic ring is 1. The van der Waals surface area contributed by atoms with Crippen LogP contribution in [0, 0.1) is 0 Å². The van der Waals surface area contributed by atoms with Crippen molar-refractivity contribution in [1.29, 1.82) is 0 Å². The molecule has 3 heteroatoms. The first-order chi connectivity index (χ1) is 11.7. The molecule has 1 aliphatic rings. The minimum absolute atomic E-state index is 0.467. The predicted octanol–water partition coefficient (Wildman–Crippen LogP) is 3.79. The fourth-order valence-electron chi connectivity index (χ4n) is 3.80. The average Bonchev–Trinajstić information content (AvgIpc) is 2.60. The Hall–Kier alpha value is -2.00. The first kappa shape index (κ1) is 16.8. The lowest BCUT2D eigenvalue weighted by atomic mass is 9.86. The van der Waals surface area contributed by atoms with Crippen LogP contribution in [0.25, 0.3) is 0 Å². The SMILES string of the molecule is CCCN(CCc1ccc(N)cc1)C1CCc2c(O)cccc2C1.